The second kappa shape index (κ2) is 5.15. The number of rotatable bonds is 3. The van der Waals surface area contributed by atoms with E-state index >= 15 is 0 Å². The van der Waals surface area contributed by atoms with Crippen LogP contribution in [0, 0.1) is 11.8 Å². The maximum absolute atomic E-state index is 11.2. The standard InChI is InChI=1S/C13H20O5/c14-7-9-8-5-12(15)17-10(8)6-11(9)18-13-3-1-2-4-16-13/h8-11,13-14H,1-7H2/t8?,9?,10-,11+,13?/m0/s1. The first kappa shape index (κ1) is 12.4. The zero-order valence-corrected chi connectivity index (χ0v) is 10.4. The molecule has 0 aromatic heterocycles. The second-order valence-corrected chi connectivity index (χ2v) is 5.45. The molecule has 102 valence electrons. The van der Waals surface area contributed by atoms with Gasteiger partial charge in [0.15, 0.2) is 6.29 Å². The Kier molecular flexibility index (Phi) is 3.54. The van der Waals surface area contributed by atoms with E-state index in [-0.39, 0.29) is 42.9 Å². The molecule has 3 aliphatic rings. The minimum Gasteiger partial charge on any atom is -0.462 e. The smallest absolute Gasteiger partial charge is 0.306 e. The quantitative estimate of drug-likeness (QED) is 0.758. The highest BCUT2D eigenvalue weighted by Crippen LogP contribution is 2.43. The molecule has 0 amide bonds. The van der Waals surface area contributed by atoms with Crippen molar-refractivity contribution in [2.45, 2.75) is 50.6 Å². The average molecular weight is 256 g/mol. The lowest BCUT2D eigenvalue weighted by Crippen LogP contribution is -2.33. The van der Waals surface area contributed by atoms with Crippen LogP contribution in [0.4, 0.5) is 0 Å². The molecule has 5 heteroatoms. The number of hydrogen-bond acceptors (Lipinski definition) is 5. The van der Waals surface area contributed by atoms with Gasteiger partial charge in [0.1, 0.15) is 6.10 Å². The van der Waals surface area contributed by atoms with E-state index in [0.717, 1.165) is 25.9 Å². The van der Waals surface area contributed by atoms with Gasteiger partial charge in [0.25, 0.3) is 0 Å². The first-order valence-electron chi connectivity index (χ1n) is 6.85. The van der Waals surface area contributed by atoms with Crippen LogP contribution < -0.4 is 0 Å². The fourth-order valence-electron chi connectivity index (χ4n) is 3.38. The number of esters is 1. The van der Waals surface area contributed by atoms with Crippen molar-refractivity contribution in [2.75, 3.05) is 13.2 Å². The van der Waals surface area contributed by atoms with E-state index in [2.05, 4.69) is 0 Å². The topological polar surface area (TPSA) is 65.0 Å². The van der Waals surface area contributed by atoms with Crippen molar-refractivity contribution in [1.29, 1.82) is 0 Å². The number of ether oxygens (including phenoxy) is 3. The van der Waals surface area contributed by atoms with Crippen LogP contribution >= 0.6 is 0 Å². The summed E-state index contributed by atoms with van der Waals surface area (Å²) in [5.74, 6) is -0.0149. The molecule has 1 aliphatic carbocycles. The largest absolute Gasteiger partial charge is 0.462 e. The summed E-state index contributed by atoms with van der Waals surface area (Å²) in [5.41, 5.74) is 0. The molecule has 1 N–H and O–H groups in total. The van der Waals surface area contributed by atoms with Gasteiger partial charge < -0.3 is 19.3 Å². The Hall–Kier alpha value is -0.650. The predicted octanol–water partition coefficient (Wildman–Crippen LogP) is 0.842. The molecule has 0 bridgehead atoms. The lowest BCUT2D eigenvalue weighted by atomic mass is 9.93. The number of fused-ring (bicyclic) bond motifs is 1. The summed E-state index contributed by atoms with van der Waals surface area (Å²) in [5, 5.41) is 9.51. The van der Waals surface area contributed by atoms with E-state index in [1.54, 1.807) is 0 Å². The molecule has 0 aromatic carbocycles. The minimum atomic E-state index is -0.146. The average Bonchev–Trinajstić information content (AvgIpc) is 2.85. The molecular weight excluding hydrogens is 236 g/mol. The Morgan fingerprint density at radius 2 is 2.28 bits per heavy atom. The van der Waals surface area contributed by atoms with Gasteiger partial charge in [-0.15, -0.1) is 0 Å². The zero-order chi connectivity index (χ0) is 12.5. The van der Waals surface area contributed by atoms with Crippen LogP contribution in [0.3, 0.4) is 0 Å². The fourth-order valence-corrected chi connectivity index (χ4v) is 3.38. The van der Waals surface area contributed by atoms with Crippen LogP contribution in [0.15, 0.2) is 0 Å². The lowest BCUT2D eigenvalue weighted by Gasteiger charge is -2.29. The molecule has 3 fully saturated rings. The van der Waals surface area contributed by atoms with Crippen molar-refractivity contribution in [1.82, 2.24) is 0 Å². The molecule has 1 saturated carbocycles. The van der Waals surface area contributed by atoms with Crippen LogP contribution in [0.5, 0.6) is 0 Å². The van der Waals surface area contributed by atoms with Gasteiger partial charge in [0.2, 0.25) is 0 Å². The zero-order valence-electron chi connectivity index (χ0n) is 10.4. The van der Waals surface area contributed by atoms with Gasteiger partial charge in [-0.05, 0) is 19.3 Å². The molecule has 2 heterocycles. The lowest BCUT2D eigenvalue weighted by molar-refractivity contribution is -0.199. The van der Waals surface area contributed by atoms with E-state index in [9.17, 15) is 9.90 Å². The minimum absolute atomic E-state index is 0.00646. The fraction of sp³-hybridized carbons (Fsp3) is 0.923. The third kappa shape index (κ3) is 2.27. The highest BCUT2D eigenvalue weighted by atomic mass is 16.7. The van der Waals surface area contributed by atoms with Crippen LogP contribution in [0.1, 0.15) is 32.1 Å². The maximum Gasteiger partial charge on any atom is 0.306 e. The summed E-state index contributed by atoms with van der Waals surface area (Å²) in [6.07, 6.45) is 4.00. The monoisotopic (exact) mass is 256 g/mol. The van der Waals surface area contributed by atoms with Gasteiger partial charge >= 0.3 is 5.97 Å². The van der Waals surface area contributed by atoms with Crippen LogP contribution in [-0.4, -0.2) is 42.8 Å². The molecule has 2 aliphatic heterocycles. The Morgan fingerprint density at radius 3 is 3.00 bits per heavy atom. The van der Waals surface area contributed by atoms with Crippen LogP contribution in [0.25, 0.3) is 0 Å². The molecule has 0 spiro atoms. The molecule has 3 rings (SSSR count). The van der Waals surface area contributed by atoms with E-state index in [1.165, 1.54) is 0 Å². The van der Waals surface area contributed by atoms with Gasteiger partial charge in [-0.3, -0.25) is 4.79 Å². The van der Waals surface area contributed by atoms with Crippen molar-refractivity contribution in [3.63, 3.8) is 0 Å². The van der Waals surface area contributed by atoms with Crippen molar-refractivity contribution in [3.8, 4) is 0 Å². The number of aliphatic hydroxyl groups excluding tert-OH is 1. The van der Waals surface area contributed by atoms with Gasteiger partial charge in [-0.25, -0.2) is 0 Å². The highest BCUT2D eigenvalue weighted by molar-refractivity contribution is 5.72. The van der Waals surface area contributed by atoms with Gasteiger partial charge in [0.05, 0.1) is 12.5 Å². The van der Waals surface area contributed by atoms with Gasteiger partial charge in [-0.2, -0.15) is 0 Å². The molecular formula is C13H20O5. The van der Waals surface area contributed by atoms with Gasteiger partial charge in [0, 0.05) is 31.5 Å². The first-order chi connectivity index (χ1) is 8.78. The Bertz CT molecular complexity index is 313. The molecule has 2 saturated heterocycles. The normalized spacial score (nSPS) is 43.8. The Labute approximate surface area is 106 Å². The third-order valence-corrected chi connectivity index (χ3v) is 4.33. The summed E-state index contributed by atoms with van der Waals surface area (Å²) in [6.45, 7) is 0.804. The summed E-state index contributed by atoms with van der Waals surface area (Å²) in [7, 11) is 0. The summed E-state index contributed by atoms with van der Waals surface area (Å²) in [4.78, 5) is 11.2. The maximum atomic E-state index is 11.2. The number of hydrogen-bond donors (Lipinski definition) is 1. The van der Waals surface area contributed by atoms with E-state index in [1.807, 2.05) is 0 Å². The van der Waals surface area contributed by atoms with Crippen molar-refractivity contribution in [3.05, 3.63) is 0 Å². The molecule has 0 aromatic rings. The number of aliphatic hydroxyl groups is 1. The Balaban J connectivity index is 1.61. The van der Waals surface area contributed by atoms with E-state index in [4.69, 9.17) is 14.2 Å². The molecule has 3 unspecified atom stereocenters. The molecule has 5 atom stereocenters. The van der Waals surface area contributed by atoms with Crippen molar-refractivity contribution < 1.29 is 24.1 Å². The van der Waals surface area contributed by atoms with Crippen LogP contribution in [-0.2, 0) is 19.0 Å². The van der Waals surface area contributed by atoms with Crippen molar-refractivity contribution in [2.24, 2.45) is 11.8 Å². The molecule has 0 radical (unpaired) electrons. The van der Waals surface area contributed by atoms with Crippen LogP contribution in [0.2, 0.25) is 0 Å². The van der Waals surface area contributed by atoms with Gasteiger partial charge in [-0.1, -0.05) is 0 Å². The Morgan fingerprint density at radius 1 is 1.39 bits per heavy atom. The van der Waals surface area contributed by atoms with E-state index in [0.29, 0.717) is 12.8 Å². The van der Waals surface area contributed by atoms with Crippen molar-refractivity contribution >= 4 is 5.97 Å². The number of carbonyl (C=O) groups excluding carboxylic acids is 1. The summed E-state index contributed by atoms with van der Waals surface area (Å²) < 4.78 is 16.8. The third-order valence-electron chi connectivity index (χ3n) is 4.33. The highest BCUT2D eigenvalue weighted by Gasteiger charge is 2.50. The predicted molar refractivity (Wildman–Crippen MR) is 61.6 cm³/mol. The number of carbonyl (C=O) groups is 1. The molecule has 18 heavy (non-hydrogen) atoms. The van der Waals surface area contributed by atoms with E-state index < -0.39 is 0 Å². The first-order valence-corrected chi connectivity index (χ1v) is 6.85. The SMILES string of the molecule is O=C1CC2C(CO)[C@H](OC3CCCCO3)C[C@@H]2O1. The summed E-state index contributed by atoms with van der Waals surface area (Å²) in [6, 6.07) is 0. The second-order valence-electron chi connectivity index (χ2n) is 5.45. The summed E-state index contributed by atoms with van der Waals surface area (Å²) >= 11 is 0. The molecule has 5 nitrogen and oxygen atoms in total.